The predicted molar refractivity (Wildman–Crippen MR) is 81.6 cm³/mol. The van der Waals surface area contributed by atoms with Crippen LogP contribution in [-0.2, 0) is 14.2 Å². The van der Waals surface area contributed by atoms with E-state index in [1.165, 1.54) is 0 Å². The quantitative estimate of drug-likeness (QED) is 0.512. The molecule has 2 fully saturated rings. The first-order valence-electron chi connectivity index (χ1n) is 7.93. The van der Waals surface area contributed by atoms with Crippen LogP contribution in [0.4, 0.5) is 0 Å². The molecule has 7 atom stereocenters. The van der Waals surface area contributed by atoms with E-state index in [2.05, 4.69) is 6.58 Å². The summed E-state index contributed by atoms with van der Waals surface area (Å²) in [7, 11) is 0. The summed E-state index contributed by atoms with van der Waals surface area (Å²) in [5, 5.41) is 39.0. The Bertz CT molecular complexity index is 425. The molecule has 2 saturated heterocycles. The Balaban J connectivity index is 2.12. The smallest absolute Gasteiger partial charge is 0.187 e. The van der Waals surface area contributed by atoms with Gasteiger partial charge in [-0.1, -0.05) is 6.08 Å². The van der Waals surface area contributed by atoms with Crippen LogP contribution in [0, 0.1) is 0 Å². The van der Waals surface area contributed by atoms with Crippen molar-refractivity contribution in [2.45, 2.75) is 81.6 Å². The number of aliphatic hydroxyl groups is 4. The van der Waals surface area contributed by atoms with Crippen LogP contribution in [0.25, 0.3) is 0 Å². The van der Waals surface area contributed by atoms with Crippen LogP contribution in [-0.4, -0.2) is 75.0 Å². The third-order valence-corrected chi connectivity index (χ3v) is 4.73. The summed E-state index contributed by atoms with van der Waals surface area (Å²) in [6, 6.07) is 0. The Labute approximate surface area is 136 Å². The zero-order valence-electron chi connectivity index (χ0n) is 13.9. The number of ether oxygens (including phenoxy) is 3. The largest absolute Gasteiger partial charge is 0.394 e. The molecule has 2 heterocycles. The monoisotopic (exact) mass is 332 g/mol. The van der Waals surface area contributed by atoms with Gasteiger partial charge in [0.1, 0.15) is 30.0 Å². The van der Waals surface area contributed by atoms with Gasteiger partial charge in [-0.05, 0) is 33.6 Å². The second-order valence-electron chi connectivity index (χ2n) is 7.11. The molecule has 7 nitrogen and oxygen atoms in total. The Morgan fingerprint density at radius 3 is 2.39 bits per heavy atom. The summed E-state index contributed by atoms with van der Waals surface area (Å²) in [5.74, 6) is 0. The van der Waals surface area contributed by atoms with Crippen LogP contribution in [0.2, 0.25) is 0 Å². The van der Waals surface area contributed by atoms with Crippen molar-refractivity contribution in [3.8, 4) is 0 Å². The Hall–Kier alpha value is -0.540. The summed E-state index contributed by atoms with van der Waals surface area (Å²) < 4.78 is 17.3. The van der Waals surface area contributed by atoms with Crippen molar-refractivity contribution in [2.24, 2.45) is 0 Å². The standard InChI is InChI=1S/C16H28O7/c1-5-16(4,10-6-7-15(2,3)22-10)23-14-13(20)12(19)11(18)9(8-17)21-14/h5,9-14,17-20H,1,6-8H2,2-4H3. The summed E-state index contributed by atoms with van der Waals surface area (Å²) in [5.41, 5.74) is -1.21. The summed E-state index contributed by atoms with van der Waals surface area (Å²) >= 11 is 0. The van der Waals surface area contributed by atoms with Crippen LogP contribution in [0.1, 0.15) is 33.6 Å². The first kappa shape index (κ1) is 18.8. The highest BCUT2D eigenvalue weighted by Crippen LogP contribution is 2.38. The molecule has 0 aromatic heterocycles. The van der Waals surface area contributed by atoms with Gasteiger partial charge in [0.15, 0.2) is 6.29 Å². The second-order valence-corrected chi connectivity index (χ2v) is 7.11. The molecule has 4 N–H and O–H groups in total. The number of hydrogen-bond donors (Lipinski definition) is 4. The van der Waals surface area contributed by atoms with E-state index in [4.69, 9.17) is 14.2 Å². The maximum absolute atomic E-state index is 10.1. The maximum Gasteiger partial charge on any atom is 0.187 e. The molecule has 0 aliphatic carbocycles. The lowest BCUT2D eigenvalue weighted by Crippen LogP contribution is -2.61. The van der Waals surface area contributed by atoms with Gasteiger partial charge in [0, 0.05) is 0 Å². The van der Waals surface area contributed by atoms with E-state index in [0.717, 1.165) is 12.8 Å². The van der Waals surface area contributed by atoms with E-state index in [0.29, 0.717) is 0 Å². The van der Waals surface area contributed by atoms with E-state index in [9.17, 15) is 20.4 Å². The minimum atomic E-state index is -1.47. The fraction of sp³-hybridized carbons (Fsp3) is 0.875. The molecule has 7 heteroatoms. The van der Waals surface area contributed by atoms with Crippen molar-refractivity contribution < 1.29 is 34.6 Å². The van der Waals surface area contributed by atoms with E-state index < -0.39 is 42.9 Å². The van der Waals surface area contributed by atoms with Gasteiger partial charge in [0.05, 0.1) is 18.3 Å². The summed E-state index contributed by atoms with van der Waals surface area (Å²) in [6.07, 6.45) is -3.61. The van der Waals surface area contributed by atoms with Crippen molar-refractivity contribution in [3.05, 3.63) is 12.7 Å². The van der Waals surface area contributed by atoms with Crippen LogP contribution >= 0.6 is 0 Å². The van der Waals surface area contributed by atoms with Gasteiger partial charge in [-0.15, -0.1) is 6.58 Å². The van der Waals surface area contributed by atoms with Crippen molar-refractivity contribution >= 4 is 0 Å². The predicted octanol–water partition coefficient (Wildman–Crippen LogP) is -0.295. The first-order valence-corrected chi connectivity index (χ1v) is 7.93. The number of hydrogen-bond acceptors (Lipinski definition) is 7. The topological polar surface area (TPSA) is 109 Å². The molecule has 0 aromatic carbocycles. The van der Waals surface area contributed by atoms with E-state index in [1.54, 1.807) is 13.0 Å². The highest BCUT2D eigenvalue weighted by atomic mass is 16.7. The molecule has 0 spiro atoms. The van der Waals surface area contributed by atoms with Crippen molar-refractivity contribution in [1.82, 2.24) is 0 Å². The van der Waals surface area contributed by atoms with Gasteiger partial charge in [-0.25, -0.2) is 0 Å². The lowest BCUT2D eigenvalue weighted by molar-refractivity contribution is -0.328. The van der Waals surface area contributed by atoms with Gasteiger partial charge in [0.2, 0.25) is 0 Å². The summed E-state index contributed by atoms with van der Waals surface area (Å²) in [4.78, 5) is 0. The highest BCUT2D eigenvalue weighted by Gasteiger charge is 2.49. The fourth-order valence-electron chi connectivity index (χ4n) is 3.06. The van der Waals surface area contributed by atoms with Gasteiger partial charge in [-0.3, -0.25) is 0 Å². The van der Waals surface area contributed by atoms with Crippen molar-refractivity contribution in [1.29, 1.82) is 0 Å². The third kappa shape index (κ3) is 3.76. The molecule has 134 valence electrons. The van der Waals surface area contributed by atoms with Gasteiger partial charge < -0.3 is 34.6 Å². The zero-order chi connectivity index (χ0) is 17.4. The lowest BCUT2D eigenvalue weighted by Gasteiger charge is -2.44. The minimum Gasteiger partial charge on any atom is -0.394 e. The molecule has 0 bridgehead atoms. The Kier molecular flexibility index (Phi) is 5.52. The number of aliphatic hydroxyl groups excluding tert-OH is 4. The normalized spacial score (nSPS) is 43.1. The van der Waals surface area contributed by atoms with E-state index >= 15 is 0 Å². The van der Waals surface area contributed by atoms with Crippen LogP contribution < -0.4 is 0 Å². The molecule has 2 aliphatic heterocycles. The second kappa shape index (κ2) is 6.76. The fourth-order valence-corrected chi connectivity index (χ4v) is 3.06. The Morgan fingerprint density at radius 1 is 1.26 bits per heavy atom. The third-order valence-electron chi connectivity index (χ3n) is 4.73. The molecular weight excluding hydrogens is 304 g/mol. The summed E-state index contributed by atoms with van der Waals surface area (Å²) in [6.45, 7) is 9.04. The van der Waals surface area contributed by atoms with Gasteiger partial charge >= 0.3 is 0 Å². The Morgan fingerprint density at radius 2 is 1.91 bits per heavy atom. The van der Waals surface area contributed by atoms with Crippen LogP contribution in [0.3, 0.4) is 0 Å². The SMILES string of the molecule is C=CC(C)(OC1OC(CO)C(O)C(O)C1O)C1CCC(C)(C)O1. The van der Waals surface area contributed by atoms with Gasteiger partial charge in [0.25, 0.3) is 0 Å². The van der Waals surface area contributed by atoms with E-state index in [1.807, 2.05) is 13.8 Å². The molecule has 7 unspecified atom stereocenters. The van der Waals surface area contributed by atoms with Crippen molar-refractivity contribution in [2.75, 3.05) is 6.61 Å². The molecule has 23 heavy (non-hydrogen) atoms. The lowest BCUT2D eigenvalue weighted by atomic mass is 9.94. The van der Waals surface area contributed by atoms with Crippen LogP contribution in [0.5, 0.6) is 0 Å². The minimum absolute atomic E-state index is 0.270. The van der Waals surface area contributed by atoms with Gasteiger partial charge in [-0.2, -0.15) is 0 Å². The average Bonchev–Trinajstić information content (AvgIpc) is 2.88. The molecule has 2 rings (SSSR count). The first-order chi connectivity index (χ1) is 10.6. The molecule has 2 aliphatic rings. The van der Waals surface area contributed by atoms with E-state index in [-0.39, 0.29) is 11.7 Å². The molecule has 0 amide bonds. The molecule has 0 radical (unpaired) electrons. The number of rotatable bonds is 5. The maximum atomic E-state index is 10.1. The average molecular weight is 332 g/mol. The highest BCUT2D eigenvalue weighted by molar-refractivity contribution is 5.05. The molecule has 0 aromatic rings. The molecule has 0 saturated carbocycles. The van der Waals surface area contributed by atoms with Crippen molar-refractivity contribution in [3.63, 3.8) is 0 Å². The molecular formula is C16H28O7. The van der Waals surface area contributed by atoms with Crippen LogP contribution in [0.15, 0.2) is 12.7 Å². The zero-order valence-corrected chi connectivity index (χ0v) is 13.9.